The van der Waals surface area contributed by atoms with E-state index in [1.54, 1.807) is 18.2 Å². The Morgan fingerprint density at radius 3 is 2.36 bits per heavy atom. The molecule has 0 spiro atoms. The third-order valence-electron chi connectivity index (χ3n) is 6.23. The molecule has 146 valence electrons. The Hall–Kier alpha value is -3.03. The van der Waals surface area contributed by atoms with Crippen LogP contribution in [0.3, 0.4) is 0 Å². The van der Waals surface area contributed by atoms with Crippen LogP contribution in [-0.2, 0) is 25.7 Å². The van der Waals surface area contributed by atoms with Gasteiger partial charge in [-0.15, -0.1) is 0 Å². The molecule has 0 saturated carbocycles. The fourth-order valence-electron chi connectivity index (χ4n) is 4.41. The first-order chi connectivity index (χ1) is 13.4. The maximum absolute atomic E-state index is 12.9. The molecular weight excluding hydrogens is 362 g/mol. The van der Waals surface area contributed by atoms with Gasteiger partial charge >= 0.3 is 0 Å². The molecule has 0 aromatic heterocycles. The number of β-lactam (4-membered cyclic amide) rings is 2. The van der Waals surface area contributed by atoms with Gasteiger partial charge in [0.15, 0.2) is 0 Å². The first kappa shape index (κ1) is 18.3. The lowest BCUT2D eigenvalue weighted by Crippen LogP contribution is -2.66. The Labute approximate surface area is 161 Å². The number of nitrogens with one attached hydrogen (secondary N) is 1. The average molecular weight is 383 g/mol. The van der Waals surface area contributed by atoms with Crippen molar-refractivity contribution in [2.75, 3.05) is 4.90 Å². The van der Waals surface area contributed by atoms with E-state index < -0.39 is 17.4 Å². The van der Waals surface area contributed by atoms with Gasteiger partial charge in [0.05, 0.1) is 5.69 Å². The van der Waals surface area contributed by atoms with Crippen LogP contribution in [0.1, 0.15) is 55.5 Å². The summed E-state index contributed by atoms with van der Waals surface area (Å²) in [6.07, 6.45) is 1.31. The summed E-state index contributed by atoms with van der Waals surface area (Å²) >= 11 is 0. The maximum atomic E-state index is 12.9. The minimum atomic E-state index is -0.978. The fraction of sp³-hybridized carbons (Fsp3) is 0.450. The third kappa shape index (κ3) is 2.26. The van der Waals surface area contributed by atoms with Crippen molar-refractivity contribution in [1.82, 2.24) is 10.2 Å². The molecule has 8 nitrogen and oxygen atoms in total. The Balaban J connectivity index is 1.66. The van der Waals surface area contributed by atoms with Gasteiger partial charge in [0.2, 0.25) is 23.6 Å². The summed E-state index contributed by atoms with van der Waals surface area (Å²) in [5.74, 6) is -1.67. The maximum Gasteiger partial charge on any atom is 0.255 e. The Morgan fingerprint density at radius 1 is 1.07 bits per heavy atom. The predicted octanol–water partition coefficient (Wildman–Crippen LogP) is 1.13. The topological polar surface area (TPSA) is 104 Å². The van der Waals surface area contributed by atoms with Crippen LogP contribution in [0.15, 0.2) is 18.2 Å². The highest BCUT2D eigenvalue weighted by Crippen LogP contribution is 2.45. The molecule has 0 aliphatic carbocycles. The lowest BCUT2D eigenvalue weighted by atomic mass is 9.72. The fourth-order valence-corrected chi connectivity index (χ4v) is 4.41. The minimum Gasteiger partial charge on any atom is -0.322 e. The van der Waals surface area contributed by atoms with Crippen molar-refractivity contribution in [2.24, 2.45) is 5.41 Å². The Kier molecular flexibility index (Phi) is 4.10. The van der Waals surface area contributed by atoms with E-state index in [1.807, 2.05) is 13.8 Å². The van der Waals surface area contributed by atoms with Gasteiger partial charge < -0.3 is 4.90 Å². The molecule has 0 bridgehead atoms. The zero-order chi connectivity index (χ0) is 20.2. The SMILES string of the molecule is CCC1(CC)C(=O)N(c2cccc3c2CN(C2CCC(=O)NC2=O)C3=O)C1=O. The summed E-state index contributed by atoms with van der Waals surface area (Å²) in [6, 6.07) is 4.19. The van der Waals surface area contributed by atoms with Crippen LogP contribution < -0.4 is 10.2 Å². The molecule has 3 aliphatic heterocycles. The molecule has 1 aromatic carbocycles. The molecule has 2 saturated heterocycles. The van der Waals surface area contributed by atoms with Crippen LogP contribution >= 0.6 is 0 Å². The number of piperidine rings is 1. The molecule has 0 radical (unpaired) electrons. The normalized spacial score (nSPS) is 23.6. The van der Waals surface area contributed by atoms with Crippen LogP contribution in [0.25, 0.3) is 0 Å². The number of amides is 5. The molecule has 1 aromatic rings. The van der Waals surface area contributed by atoms with E-state index in [-0.39, 0.29) is 43.0 Å². The Morgan fingerprint density at radius 2 is 1.75 bits per heavy atom. The number of anilines is 1. The van der Waals surface area contributed by atoms with E-state index in [1.165, 1.54) is 4.90 Å². The second-order valence-electron chi connectivity index (χ2n) is 7.44. The number of nitrogens with zero attached hydrogens (tertiary/aromatic N) is 2. The number of imide groups is 2. The molecule has 4 rings (SSSR count). The van der Waals surface area contributed by atoms with Crippen LogP contribution in [0.4, 0.5) is 5.69 Å². The van der Waals surface area contributed by atoms with Crippen molar-refractivity contribution < 1.29 is 24.0 Å². The number of carbonyl (C=O) groups is 5. The minimum absolute atomic E-state index is 0.124. The number of benzene rings is 1. The monoisotopic (exact) mass is 383 g/mol. The number of carbonyl (C=O) groups excluding carboxylic acids is 5. The molecular formula is C20H21N3O5. The van der Waals surface area contributed by atoms with E-state index in [0.717, 1.165) is 4.90 Å². The molecule has 2 fully saturated rings. The second kappa shape index (κ2) is 6.25. The smallest absolute Gasteiger partial charge is 0.255 e. The Bertz CT molecular complexity index is 916. The summed E-state index contributed by atoms with van der Waals surface area (Å²) < 4.78 is 0. The first-order valence-electron chi connectivity index (χ1n) is 9.51. The zero-order valence-corrected chi connectivity index (χ0v) is 15.8. The highest BCUT2D eigenvalue weighted by atomic mass is 16.2. The van der Waals surface area contributed by atoms with E-state index in [0.29, 0.717) is 29.7 Å². The van der Waals surface area contributed by atoms with E-state index >= 15 is 0 Å². The molecule has 1 atom stereocenters. The van der Waals surface area contributed by atoms with Crippen molar-refractivity contribution in [1.29, 1.82) is 0 Å². The predicted molar refractivity (Wildman–Crippen MR) is 98.0 cm³/mol. The van der Waals surface area contributed by atoms with E-state index in [9.17, 15) is 24.0 Å². The highest BCUT2D eigenvalue weighted by molar-refractivity contribution is 6.36. The lowest BCUT2D eigenvalue weighted by Gasteiger charge is -2.46. The largest absolute Gasteiger partial charge is 0.322 e. The lowest BCUT2D eigenvalue weighted by molar-refractivity contribution is -0.153. The van der Waals surface area contributed by atoms with E-state index in [2.05, 4.69) is 5.32 Å². The van der Waals surface area contributed by atoms with Gasteiger partial charge in [-0.05, 0) is 31.4 Å². The van der Waals surface area contributed by atoms with Crippen LogP contribution in [0.2, 0.25) is 0 Å². The molecule has 1 unspecified atom stereocenters. The molecule has 3 aliphatic rings. The molecule has 28 heavy (non-hydrogen) atoms. The first-order valence-corrected chi connectivity index (χ1v) is 9.51. The van der Waals surface area contributed by atoms with Crippen molar-refractivity contribution in [3.63, 3.8) is 0 Å². The summed E-state index contributed by atoms with van der Waals surface area (Å²) in [5, 5.41) is 2.26. The van der Waals surface area contributed by atoms with Gasteiger partial charge in [0.1, 0.15) is 11.5 Å². The third-order valence-corrected chi connectivity index (χ3v) is 6.23. The van der Waals surface area contributed by atoms with Gasteiger partial charge in [0.25, 0.3) is 5.91 Å². The van der Waals surface area contributed by atoms with Gasteiger partial charge in [-0.2, -0.15) is 0 Å². The average Bonchev–Trinajstić information content (AvgIpc) is 3.01. The van der Waals surface area contributed by atoms with Crippen molar-refractivity contribution in [3.8, 4) is 0 Å². The number of hydrogen-bond acceptors (Lipinski definition) is 5. The molecule has 1 N–H and O–H groups in total. The van der Waals surface area contributed by atoms with Gasteiger partial charge in [-0.3, -0.25) is 29.3 Å². The quantitative estimate of drug-likeness (QED) is 0.477. The summed E-state index contributed by atoms with van der Waals surface area (Å²) in [7, 11) is 0. The van der Waals surface area contributed by atoms with Crippen molar-refractivity contribution in [3.05, 3.63) is 29.3 Å². The highest BCUT2D eigenvalue weighted by Gasteiger charge is 2.59. The molecule has 8 heteroatoms. The summed E-state index contributed by atoms with van der Waals surface area (Å²) in [4.78, 5) is 64.7. The standard InChI is InChI=1S/C20H21N3O5/c1-3-20(4-2)18(27)23(19(20)28)13-7-5-6-11-12(13)10-22(17(11)26)14-8-9-15(24)21-16(14)25/h5-7,14H,3-4,8-10H2,1-2H3,(H,21,24,25). The molecule has 5 amide bonds. The second-order valence-corrected chi connectivity index (χ2v) is 7.44. The van der Waals surface area contributed by atoms with E-state index in [4.69, 9.17) is 0 Å². The summed E-state index contributed by atoms with van der Waals surface area (Å²) in [5.41, 5.74) is 0.385. The van der Waals surface area contributed by atoms with Crippen LogP contribution in [0.5, 0.6) is 0 Å². The van der Waals surface area contributed by atoms with Crippen molar-refractivity contribution >= 4 is 35.2 Å². The van der Waals surface area contributed by atoms with Gasteiger partial charge in [0, 0.05) is 24.1 Å². The molecule has 3 heterocycles. The number of fused-ring (bicyclic) bond motifs is 1. The van der Waals surface area contributed by atoms with Gasteiger partial charge in [-0.25, -0.2) is 4.90 Å². The number of rotatable bonds is 4. The summed E-state index contributed by atoms with van der Waals surface area (Å²) in [6.45, 7) is 3.76. The zero-order valence-electron chi connectivity index (χ0n) is 15.8. The van der Waals surface area contributed by atoms with Gasteiger partial charge in [-0.1, -0.05) is 19.9 Å². The number of hydrogen-bond donors (Lipinski definition) is 1. The van der Waals surface area contributed by atoms with Crippen molar-refractivity contribution in [2.45, 2.75) is 52.1 Å². The van der Waals surface area contributed by atoms with Crippen LogP contribution in [-0.4, -0.2) is 40.5 Å². The van der Waals surface area contributed by atoms with Crippen LogP contribution in [0, 0.1) is 5.41 Å².